The number of hydrogen-bond acceptors (Lipinski definition) is 6. The van der Waals surface area contributed by atoms with Gasteiger partial charge in [-0.2, -0.15) is 0 Å². The van der Waals surface area contributed by atoms with Crippen molar-refractivity contribution in [3.05, 3.63) is 47.9 Å². The van der Waals surface area contributed by atoms with Crippen molar-refractivity contribution in [3.8, 4) is 11.5 Å². The molecule has 2 aromatic rings. The summed E-state index contributed by atoms with van der Waals surface area (Å²) in [6.45, 7) is 1.99. The Balaban J connectivity index is 1.66. The van der Waals surface area contributed by atoms with E-state index in [0.29, 0.717) is 43.4 Å². The molecule has 1 aromatic heterocycles. The van der Waals surface area contributed by atoms with Crippen LogP contribution in [0.25, 0.3) is 0 Å². The van der Waals surface area contributed by atoms with E-state index in [4.69, 9.17) is 13.9 Å². The molecule has 1 atom stereocenters. The third-order valence-corrected chi connectivity index (χ3v) is 4.73. The van der Waals surface area contributed by atoms with Crippen molar-refractivity contribution < 1.29 is 23.5 Å². The van der Waals surface area contributed by atoms with Crippen molar-refractivity contribution in [2.24, 2.45) is 0 Å². The van der Waals surface area contributed by atoms with Crippen LogP contribution in [0, 0.1) is 0 Å². The molecule has 2 amide bonds. The molecule has 1 aromatic carbocycles. The lowest BCUT2D eigenvalue weighted by atomic mass is 10.1. The van der Waals surface area contributed by atoms with E-state index in [1.165, 1.54) is 0 Å². The minimum Gasteiger partial charge on any atom is -0.497 e. The van der Waals surface area contributed by atoms with Crippen LogP contribution in [0.1, 0.15) is 17.7 Å². The van der Waals surface area contributed by atoms with E-state index >= 15 is 0 Å². The zero-order valence-corrected chi connectivity index (χ0v) is 16.1. The maximum atomic E-state index is 12.4. The topological polar surface area (TPSA) is 93.0 Å². The van der Waals surface area contributed by atoms with Gasteiger partial charge in [0.15, 0.2) is 0 Å². The smallest absolute Gasteiger partial charge is 0.237 e. The monoisotopic (exact) mass is 387 g/mol. The molecule has 3 rings (SSSR count). The number of nitrogens with zero attached hydrogens (tertiary/aromatic N) is 1. The molecule has 0 spiro atoms. The number of carbonyl (C=O) groups excluding carboxylic acids is 2. The molecule has 2 heterocycles. The van der Waals surface area contributed by atoms with Crippen molar-refractivity contribution in [3.63, 3.8) is 0 Å². The minimum atomic E-state index is -0.544. The first-order chi connectivity index (χ1) is 13.6. The first kappa shape index (κ1) is 19.8. The van der Waals surface area contributed by atoms with Crippen molar-refractivity contribution in [2.75, 3.05) is 27.3 Å². The molecule has 8 heteroatoms. The predicted octanol–water partition coefficient (Wildman–Crippen LogP) is 1.30. The van der Waals surface area contributed by atoms with Crippen molar-refractivity contribution in [1.29, 1.82) is 0 Å². The van der Waals surface area contributed by atoms with Crippen LogP contribution < -0.4 is 20.1 Å². The highest BCUT2D eigenvalue weighted by Crippen LogP contribution is 2.27. The molecule has 1 aliphatic heterocycles. The number of rotatable bonds is 8. The Bertz CT molecular complexity index is 806. The normalized spacial score (nSPS) is 17.1. The second-order valence-electron chi connectivity index (χ2n) is 6.52. The third-order valence-electron chi connectivity index (χ3n) is 4.73. The van der Waals surface area contributed by atoms with Crippen LogP contribution in [0.3, 0.4) is 0 Å². The Morgan fingerprint density at radius 3 is 2.89 bits per heavy atom. The average molecular weight is 387 g/mol. The minimum absolute atomic E-state index is 0.0744. The van der Waals surface area contributed by atoms with Gasteiger partial charge < -0.3 is 24.5 Å². The van der Waals surface area contributed by atoms with Crippen LogP contribution in [0.5, 0.6) is 11.5 Å². The molecule has 1 saturated heterocycles. The lowest BCUT2D eigenvalue weighted by Gasteiger charge is -2.35. The largest absolute Gasteiger partial charge is 0.497 e. The lowest BCUT2D eigenvalue weighted by molar-refractivity contribution is -0.134. The number of furan rings is 1. The molecular formula is C20H25N3O5. The van der Waals surface area contributed by atoms with Crippen LogP contribution in [0.15, 0.2) is 41.0 Å². The summed E-state index contributed by atoms with van der Waals surface area (Å²) in [5.41, 5.74) is 0.930. The maximum absolute atomic E-state index is 12.4. The van der Waals surface area contributed by atoms with E-state index in [1.807, 2.05) is 23.1 Å². The van der Waals surface area contributed by atoms with Gasteiger partial charge in [0.1, 0.15) is 17.3 Å². The number of hydrogen-bond donors (Lipinski definition) is 2. The first-order valence-electron chi connectivity index (χ1n) is 9.12. The number of methoxy groups -OCH3 is 2. The van der Waals surface area contributed by atoms with Gasteiger partial charge >= 0.3 is 0 Å². The molecule has 8 nitrogen and oxygen atoms in total. The van der Waals surface area contributed by atoms with Gasteiger partial charge in [0.25, 0.3) is 0 Å². The predicted molar refractivity (Wildman–Crippen MR) is 102 cm³/mol. The Kier molecular flexibility index (Phi) is 6.54. The molecule has 0 bridgehead atoms. The molecule has 1 aliphatic rings. The number of carbonyl (C=O) groups is 2. The molecule has 28 heavy (non-hydrogen) atoms. The summed E-state index contributed by atoms with van der Waals surface area (Å²) in [5.74, 6) is 1.70. The number of nitrogens with one attached hydrogen (secondary N) is 2. The molecule has 0 radical (unpaired) electrons. The second kappa shape index (κ2) is 9.27. The standard InChI is InChI=1S/C20H25N3O5/c1-26-15-6-5-14(18(10-15)27-2)13-23-8-7-21-20(25)17(23)11-19(24)22-12-16-4-3-9-28-16/h3-6,9-10,17H,7-8,11-13H2,1-2H3,(H,21,25)(H,22,24)/t17-/m1/s1. The van der Waals surface area contributed by atoms with Crippen LogP contribution >= 0.6 is 0 Å². The van der Waals surface area contributed by atoms with Crippen LogP contribution in [0.4, 0.5) is 0 Å². The average Bonchev–Trinajstić information content (AvgIpc) is 3.23. The number of ether oxygens (including phenoxy) is 2. The van der Waals surface area contributed by atoms with Gasteiger partial charge in [-0.1, -0.05) is 6.07 Å². The highest BCUT2D eigenvalue weighted by atomic mass is 16.5. The summed E-state index contributed by atoms with van der Waals surface area (Å²) in [4.78, 5) is 26.8. The highest BCUT2D eigenvalue weighted by molar-refractivity contribution is 5.88. The molecule has 0 saturated carbocycles. The Hall–Kier alpha value is -3.00. The van der Waals surface area contributed by atoms with E-state index in [9.17, 15) is 9.59 Å². The summed E-state index contributed by atoms with van der Waals surface area (Å²) >= 11 is 0. The zero-order valence-electron chi connectivity index (χ0n) is 16.1. The van der Waals surface area contributed by atoms with Gasteiger partial charge in [-0.15, -0.1) is 0 Å². The summed E-state index contributed by atoms with van der Waals surface area (Å²) in [6, 6.07) is 8.59. The first-order valence-corrected chi connectivity index (χ1v) is 9.12. The maximum Gasteiger partial charge on any atom is 0.237 e. The SMILES string of the molecule is COc1ccc(CN2CCNC(=O)[C@H]2CC(=O)NCc2ccco2)c(OC)c1. The fourth-order valence-electron chi connectivity index (χ4n) is 3.22. The second-order valence-corrected chi connectivity index (χ2v) is 6.52. The van der Waals surface area contributed by atoms with Crippen molar-refractivity contribution in [2.45, 2.75) is 25.6 Å². The zero-order chi connectivity index (χ0) is 19.9. The Morgan fingerprint density at radius 2 is 2.18 bits per heavy atom. The fourth-order valence-corrected chi connectivity index (χ4v) is 3.22. The summed E-state index contributed by atoms with van der Waals surface area (Å²) in [5, 5.41) is 5.63. The van der Waals surface area contributed by atoms with Crippen molar-refractivity contribution in [1.82, 2.24) is 15.5 Å². The Labute approximate surface area is 163 Å². The quantitative estimate of drug-likeness (QED) is 0.709. The van der Waals surface area contributed by atoms with Gasteiger partial charge in [-0.25, -0.2) is 0 Å². The third kappa shape index (κ3) is 4.83. The van der Waals surface area contributed by atoms with Gasteiger partial charge in [-0.3, -0.25) is 14.5 Å². The van der Waals surface area contributed by atoms with Gasteiger partial charge in [0, 0.05) is 31.3 Å². The number of piperazine rings is 1. The van der Waals surface area contributed by atoms with Gasteiger partial charge in [0.05, 0.1) is 39.5 Å². The number of amides is 2. The molecule has 0 unspecified atom stereocenters. The highest BCUT2D eigenvalue weighted by Gasteiger charge is 2.32. The molecule has 1 fully saturated rings. The summed E-state index contributed by atoms with van der Waals surface area (Å²) < 4.78 is 15.9. The van der Waals surface area contributed by atoms with E-state index < -0.39 is 6.04 Å². The molecule has 2 N–H and O–H groups in total. The lowest BCUT2D eigenvalue weighted by Crippen LogP contribution is -2.56. The van der Waals surface area contributed by atoms with Crippen LogP contribution in [0.2, 0.25) is 0 Å². The fraction of sp³-hybridized carbons (Fsp3) is 0.400. The molecule has 150 valence electrons. The van der Waals surface area contributed by atoms with Crippen molar-refractivity contribution >= 4 is 11.8 Å². The summed E-state index contributed by atoms with van der Waals surface area (Å²) in [6.07, 6.45) is 1.63. The molecule has 0 aliphatic carbocycles. The summed E-state index contributed by atoms with van der Waals surface area (Å²) in [7, 11) is 3.20. The van der Waals surface area contributed by atoms with E-state index in [0.717, 1.165) is 5.56 Å². The van der Waals surface area contributed by atoms with Crippen LogP contribution in [-0.4, -0.2) is 50.1 Å². The van der Waals surface area contributed by atoms with E-state index in [2.05, 4.69) is 10.6 Å². The van der Waals surface area contributed by atoms with E-state index in [-0.39, 0.29) is 18.2 Å². The van der Waals surface area contributed by atoms with Gasteiger partial charge in [-0.05, 0) is 18.2 Å². The van der Waals surface area contributed by atoms with Gasteiger partial charge in [0.2, 0.25) is 11.8 Å². The van der Waals surface area contributed by atoms with Crippen LogP contribution in [-0.2, 0) is 22.7 Å². The molecular weight excluding hydrogens is 362 g/mol. The van der Waals surface area contributed by atoms with E-state index in [1.54, 1.807) is 32.6 Å². The number of benzene rings is 1. The Morgan fingerprint density at radius 1 is 1.32 bits per heavy atom.